The first-order chi connectivity index (χ1) is 11.1. The summed E-state index contributed by atoms with van der Waals surface area (Å²) in [6.45, 7) is 1.52. The fourth-order valence-electron chi connectivity index (χ4n) is 2.87. The second-order valence-corrected chi connectivity index (χ2v) is 5.93. The highest BCUT2D eigenvalue weighted by Crippen LogP contribution is 2.17. The molecular weight excluding hydrogens is 296 g/mol. The lowest BCUT2D eigenvalue weighted by atomic mass is 10.0. The first-order valence-corrected chi connectivity index (χ1v) is 7.94. The van der Waals surface area contributed by atoms with Crippen molar-refractivity contribution in [1.82, 2.24) is 9.80 Å². The summed E-state index contributed by atoms with van der Waals surface area (Å²) in [5.41, 5.74) is 0.944. The predicted octanol–water partition coefficient (Wildman–Crippen LogP) is 2.19. The molecule has 1 aromatic rings. The van der Waals surface area contributed by atoms with Gasteiger partial charge in [-0.2, -0.15) is 0 Å². The van der Waals surface area contributed by atoms with Gasteiger partial charge < -0.3 is 14.7 Å². The molecule has 1 aliphatic heterocycles. The van der Waals surface area contributed by atoms with Gasteiger partial charge in [0.25, 0.3) is 0 Å². The van der Waals surface area contributed by atoms with Crippen LogP contribution in [-0.4, -0.2) is 59.7 Å². The van der Waals surface area contributed by atoms with Crippen molar-refractivity contribution < 1.29 is 19.4 Å². The number of hydrogen-bond acceptors (Lipinski definition) is 4. The quantitative estimate of drug-likeness (QED) is 0.870. The molecule has 0 spiro atoms. The molecule has 1 N–H and O–H groups in total. The largest absolute Gasteiger partial charge is 0.480 e. The van der Waals surface area contributed by atoms with Crippen LogP contribution < -0.4 is 0 Å². The fourth-order valence-corrected chi connectivity index (χ4v) is 2.87. The van der Waals surface area contributed by atoms with Crippen LogP contribution >= 0.6 is 0 Å². The number of carboxylic acid groups (broad SMARTS) is 1. The minimum atomic E-state index is -0.828. The first kappa shape index (κ1) is 17.3. The molecule has 6 nitrogen and oxygen atoms in total. The van der Waals surface area contributed by atoms with Crippen molar-refractivity contribution in [2.24, 2.45) is 0 Å². The number of amides is 1. The van der Waals surface area contributed by atoms with Crippen LogP contribution in [0.5, 0.6) is 0 Å². The van der Waals surface area contributed by atoms with Crippen LogP contribution in [0.25, 0.3) is 0 Å². The van der Waals surface area contributed by atoms with Gasteiger partial charge in [0.15, 0.2) is 0 Å². The molecule has 0 bridgehead atoms. The van der Waals surface area contributed by atoms with Crippen LogP contribution in [0.2, 0.25) is 0 Å². The highest BCUT2D eigenvalue weighted by molar-refractivity contribution is 5.69. The Kier molecular flexibility index (Phi) is 6.40. The molecule has 2 rings (SSSR count). The summed E-state index contributed by atoms with van der Waals surface area (Å²) >= 11 is 0. The standard InChI is InChI=1S/C17H24N2O4/c1-18(17(22)23-13-14-7-3-2-4-8-14)11-15-9-5-6-10-19(15)12-16(20)21/h2-4,7-8,15H,5-6,9-13H2,1H3,(H,20,21)/t15-/m0/s1. The number of carbonyl (C=O) groups is 2. The molecule has 126 valence electrons. The maximum atomic E-state index is 12.1. The Labute approximate surface area is 136 Å². The summed E-state index contributed by atoms with van der Waals surface area (Å²) in [5.74, 6) is -0.828. The number of nitrogens with zero attached hydrogens (tertiary/aromatic N) is 2. The van der Waals surface area contributed by atoms with Gasteiger partial charge in [0.05, 0.1) is 6.54 Å². The van der Waals surface area contributed by atoms with Crippen molar-refractivity contribution in [3.8, 4) is 0 Å². The Morgan fingerprint density at radius 2 is 2.04 bits per heavy atom. The normalized spacial score (nSPS) is 18.4. The number of likely N-dealkylation sites (tertiary alicyclic amines) is 1. The highest BCUT2D eigenvalue weighted by atomic mass is 16.6. The fraction of sp³-hybridized carbons (Fsp3) is 0.529. The molecule has 0 radical (unpaired) electrons. The number of carboxylic acids is 1. The lowest BCUT2D eigenvalue weighted by Gasteiger charge is -2.36. The lowest BCUT2D eigenvalue weighted by molar-refractivity contribution is -0.139. The molecule has 23 heavy (non-hydrogen) atoms. The first-order valence-electron chi connectivity index (χ1n) is 7.94. The van der Waals surface area contributed by atoms with Gasteiger partial charge in [0.2, 0.25) is 0 Å². The SMILES string of the molecule is CN(C[C@@H]1CCCCN1CC(=O)O)C(=O)OCc1ccccc1. The Morgan fingerprint density at radius 1 is 1.30 bits per heavy atom. The summed E-state index contributed by atoms with van der Waals surface area (Å²) in [6, 6.07) is 9.61. The summed E-state index contributed by atoms with van der Waals surface area (Å²) in [5, 5.41) is 8.99. The Morgan fingerprint density at radius 3 is 2.74 bits per heavy atom. The Bertz CT molecular complexity index is 521. The molecule has 0 saturated carbocycles. The van der Waals surface area contributed by atoms with Crippen LogP contribution in [0.15, 0.2) is 30.3 Å². The predicted molar refractivity (Wildman–Crippen MR) is 86.1 cm³/mol. The van der Waals surface area contributed by atoms with Crippen LogP contribution in [0.4, 0.5) is 4.79 Å². The summed E-state index contributed by atoms with van der Waals surface area (Å²) < 4.78 is 5.30. The molecule has 6 heteroatoms. The molecule has 1 saturated heterocycles. The van der Waals surface area contributed by atoms with Crippen molar-refractivity contribution in [2.45, 2.75) is 31.9 Å². The van der Waals surface area contributed by atoms with E-state index in [9.17, 15) is 9.59 Å². The van der Waals surface area contributed by atoms with Crippen LogP contribution in [0.1, 0.15) is 24.8 Å². The minimum absolute atomic E-state index is 0.0254. The highest BCUT2D eigenvalue weighted by Gasteiger charge is 2.26. The van der Waals surface area contributed by atoms with Crippen LogP contribution in [0, 0.1) is 0 Å². The van der Waals surface area contributed by atoms with Gasteiger partial charge in [-0.1, -0.05) is 36.8 Å². The third kappa shape index (κ3) is 5.56. The number of aliphatic carboxylic acids is 1. The Balaban J connectivity index is 1.82. The minimum Gasteiger partial charge on any atom is -0.480 e. The summed E-state index contributed by atoms with van der Waals surface area (Å²) in [7, 11) is 1.70. The number of ether oxygens (including phenoxy) is 1. The van der Waals surface area contributed by atoms with Gasteiger partial charge in [0, 0.05) is 19.6 Å². The summed E-state index contributed by atoms with van der Waals surface area (Å²) in [6.07, 6.45) is 2.60. The number of carbonyl (C=O) groups excluding carboxylic acids is 1. The van der Waals surface area contributed by atoms with E-state index in [1.54, 1.807) is 7.05 Å². The van der Waals surface area contributed by atoms with Crippen molar-refractivity contribution in [3.63, 3.8) is 0 Å². The zero-order valence-electron chi connectivity index (χ0n) is 13.5. The average Bonchev–Trinajstić information content (AvgIpc) is 2.55. The molecule has 1 aromatic carbocycles. The summed E-state index contributed by atoms with van der Waals surface area (Å²) in [4.78, 5) is 26.5. The van der Waals surface area contributed by atoms with Gasteiger partial charge >= 0.3 is 12.1 Å². The van der Waals surface area contributed by atoms with Crippen molar-refractivity contribution in [1.29, 1.82) is 0 Å². The van der Waals surface area contributed by atoms with E-state index < -0.39 is 5.97 Å². The number of likely N-dealkylation sites (N-methyl/N-ethyl adjacent to an activating group) is 1. The van der Waals surface area contributed by atoms with Gasteiger partial charge in [0.1, 0.15) is 6.61 Å². The van der Waals surface area contributed by atoms with Crippen molar-refractivity contribution >= 4 is 12.1 Å². The lowest BCUT2D eigenvalue weighted by Crippen LogP contribution is -2.49. The maximum absolute atomic E-state index is 12.1. The molecule has 1 heterocycles. The molecule has 0 unspecified atom stereocenters. The molecule has 0 aromatic heterocycles. The molecule has 1 atom stereocenters. The van der Waals surface area contributed by atoms with E-state index in [2.05, 4.69) is 0 Å². The Hall–Kier alpha value is -2.08. The van der Waals surface area contributed by atoms with Gasteiger partial charge in [-0.05, 0) is 24.9 Å². The monoisotopic (exact) mass is 320 g/mol. The molecule has 1 fully saturated rings. The van der Waals surface area contributed by atoms with Gasteiger partial charge in [-0.15, -0.1) is 0 Å². The van der Waals surface area contributed by atoms with E-state index in [0.29, 0.717) is 6.54 Å². The molecule has 1 amide bonds. The smallest absolute Gasteiger partial charge is 0.409 e. The third-order valence-corrected chi connectivity index (χ3v) is 4.09. The van der Waals surface area contributed by atoms with Crippen LogP contribution in [-0.2, 0) is 16.1 Å². The van der Waals surface area contributed by atoms with E-state index in [0.717, 1.165) is 31.4 Å². The van der Waals surface area contributed by atoms with Crippen molar-refractivity contribution in [3.05, 3.63) is 35.9 Å². The molecular formula is C17H24N2O4. The maximum Gasteiger partial charge on any atom is 0.409 e. The van der Waals surface area contributed by atoms with E-state index in [4.69, 9.17) is 9.84 Å². The number of hydrogen-bond donors (Lipinski definition) is 1. The van der Waals surface area contributed by atoms with Gasteiger partial charge in [-0.25, -0.2) is 4.79 Å². The number of piperidine rings is 1. The van der Waals surface area contributed by atoms with E-state index in [1.807, 2.05) is 35.2 Å². The molecule has 1 aliphatic rings. The van der Waals surface area contributed by atoms with E-state index in [-0.39, 0.29) is 25.3 Å². The van der Waals surface area contributed by atoms with Crippen LogP contribution in [0.3, 0.4) is 0 Å². The number of rotatable bonds is 6. The van der Waals surface area contributed by atoms with Gasteiger partial charge in [-0.3, -0.25) is 9.69 Å². The zero-order chi connectivity index (χ0) is 16.7. The zero-order valence-corrected chi connectivity index (χ0v) is 13.5. The second-order valence-electron chi connectivity index (χ2n) is 5.93. The number of benzene rings is 1. The van der Waals surface area contributed by atoms with Crippen molar-refractivity contribution in [2.75, 3.05) is 26.7 Å². The molecule has 0 aliphatic carbocycles. The third-order valence-electron chi connectivity index (χ3n) is 4.09. The second kappa shape index (κ2) is 8.53. The van der Waals surface area contributed by atoms with E-state index in [1.165, 1.54) is 4.90 Å². The topological polar surface area (TPSA) is 70.1 Å². The van der Waals surface area contributed by atoms with E-state index >= 15 is 0 Å². The average molecular weight is 320 g/mol.